The van der Waals surface area contributed by atoms with E-state index in [-0.39, 0.29) is 0 Å². The van der Waals surface area contributed by atoms with E-state index in [0.717, 1.165) is 16.9 Å². The standard InChI is InChI=1S/C9H11NO/c1-7-5-8(6-10)3-4-9(7)11-2/h3-6,10H,1-2H3. The van der Waals surface area contributed by atoms with Crippen LogP contribution in [0.1, 0.15) is 11.1 Å². The van der Waals surface area contributed by atoms with Gasteiger partial charge in [0.05, 0.1) is 7.11 Å². The normalized spacial score (nSPS) is 9.27. The van der Waals surface area contributed by atoms with E-state index in [4.69, 9.17) is 10.1 Å². The first-order valence-corrected chi connectivity index (χ1v) is 3.43. The number of hydrogen-bond acceptors (Lipinski definition) is 2. The molecule has 0 saturated heterocycles. The van der Waals surface area contributed by atoms with Gasteiger partial charge in [0.2, 0.25) is 0 Å². The molecule has 0 atom stereocenters. The third kappa shape index (κ3) is 1.58. The predicted molar refractivity (Wildman–Crippen MR) is 45.6 cm³/mol. The van der Waals surface area contributed by atoms with E-state index >= 15 is 0 Å². The summed E-state index contributed by atoms with van der Waals surface area (Å²) in [7, 11) is 1.65. The van der Waals surface area contributed by atoms with Crippen LogP contribution in [-0.4, -0.2) is 13.3 Å². The molecule has 0 radical (unpaired) electrons. The van der Waals surface area contributed by atoms with Crippen LogP contribution >= 0.6 is 0 Å². The van der Waals surface area contributed by atoms with Gasteiger partial charge in [0.15, 0.2) is 0 Å². The average Bonchev–Trinajstić information content (AvgIpc) is 2.04. The largest absolute Gasteiger partial charge is 0.496 e. The fourth-order valence-electron chi connectivity index (χ4n) is 0.991. The first-order chi connectivity index (χ1) is 5.27. The van der Waals surface area contributed by atoms with Crippen molar-refractivity contribution in [2.24, 2.45) is 0 Å². The molecule has 11 heavy (non-hydrogen) atoms. The summed E-state index contributed by atoms with van der Waals surface area (Å²) in [6.07, 6.45) is 1.33. The predicted octanol–water partition coefficient (Wildman–Crippen LogP) is 2.00. The van der Waals surface area contributed by atoms with E-state index < -0.39 is 0 Å². The first-order valence-electron chi connectivity index (χ1n) is 3.43. The Hall–Kier alpha value is -1.31. The molecule has 0 aliphatic heterocycles. The van der Waals surface area contributed by atoms with Crippen LogP contribution in [0.5, 0.6) is 5.75 Å². The van der Waals surface area contributed by atoms with Gasteiger partial charge in [-0.15, -0.1) is 0 Å². The van der Waals surface area contributed by atoms with Crippen LogP contribution in [-0.2, 0) is 0 Å². The van der Waals surface area contributed by atoms with E-state index in [1.54, 1.807) is 7.11 Å². The molecule has 0 saturated carbocycles. The van der Waals surface area contributed by atoms with Gasteiger partial charge < -0.3 is 10.1 Å². The highest BCUT2D eigenvalue weighted by molar-refractivity contribution is 5.77. The molecule has 1 aromatic rings. The number of hydrogen-bond donors (Lipinski definition) is 1. The summed E-state index contributed by atoms with van der Waals surface area (Å²) in [6, 6.07) is 5.65. The van der Waals surface area contributed by atoms with Crippen LogP contribution in [0.25, 0.3) is 0 Å². The van der Waals surface area contributed by atoms with Crippen LogP contribution in [0.15, 0.2) is 18.2 Å². The van der Waals surface area contributed by atoms with Crippen molar-refractivity contribution in [1.29, 1.82) is 5.41 Å². The van der Waals surface area contributed by atoms with E-state index in [1.165, 1.54) is 6.21 Å². The molecule has 0 spiro atoms. The van der Waals surface area contributed by atoms with Crippen molar-refractivity contribution < 1.29 is 4.74 Å². The van der Waals surface area contributed by atoms with Gasteiger partial charge in [0, 0.05) is 6.21 Å². The highest BCUT2D eigenvalue weighted by Gasteiger charge is 1.96. The fraction of sp³-hybridized carbons (Fsp3) is 0.222. The Balaban J connectivity index is 3.09. The Morgan fingerprint density at radius 2 is 2.18 bits per heavy atom. The van der Waals surface area contributed by atoms with Crippen molar-refractivity contribution in [2.75, 3.05) is 7.11 Å². The molecule has 2 nitrogen and oxygen atoms in total. The number of benzene rings is 1. The minimum Gasteiger partial charge on any atom is -0.496 e. The van der Waals surface area contributed by atoms with Crippen LogP contribution in [0, 0.1) is 12.3 Å². The van der Waals surface area contributed by atoms with Gasteiger partial charge in [-0.2, -0.15) is 0 Å². The number of ether oxygens (including phenoxy) is 1. The summed E-state index contributed by atoms with van der Waals surface area (Å²) in [5.74, 6) is 0.871. The van der Waals surface area contributed by atoms with E-state index in [1.807, 2.05) is 25.1 Å². The van der Waals surface area contributed by atoms with Gasteiger partial charge in [-0.25, -0.2) is 0 Å². The number of methoxy groups -OCH3 is 1. The lowest BCUT2D eigenvalue weighted by Crippen LogP contribution is -1.88. The molecule has 58 valence electrons. The molecule has 1 N–H and O–H groups in total. The zero-order valence-electron chi connectivity index (χ0n) is 6.72. The lowest BCUT2D eigenvalue weighted by Gasteiger charge is -2.03. The van der Waals surface area contributed by atoms with Crippen molar-refractivity contribution in [1.82, 2.24) is 0 Å². The average molecular weight is 149 g/mol. The highest BCUT2D eigenvalue weighted by atomic mass is 16.5. The van der Waals surface area contributed by atoms with Crippen LogP contribution in [0.2, 0.25) is 0 Å². The van der Waals surface area contributed by atoms with Gasteiger partial charge in [-0.1, -0.05) is 0 Å². The maximum Gasteiger partial charge on any atom is 0.121 e. The Morgan fingerprint density at radius 3 is 2.64 bits per heavy atom. The van der Waals surface area contributed by atoms with Crippen molar-refractivity contribution in [2.45, 2.75) is 6.92 Å². The molecule has 1 aromatic carbocycles. The van der Waals surface area contributed by atoms with Crippen molar-refractivity contribution in [3.63, 3.8) is 0 Å². The minimum absolute atomic E-state index is 0.871. The van der Waals surface area contributed by atoms with Crippen LogP contribution < -0.4 is 4.74 Å². The van der Waals surface area contributed by atoms with Gasteiger partial charge in [-0.05, 0) is 36.2 Å². The Kier molecular flexibility index (Phi) is 2.26. The zero-order chi connectivity index (χ0) is 8.27. The molecule has 0 amide bonds. The second-order valence-electron chi connectivity index (χ2n) is 2.37. The molecule has 0 aliphatic rings. The SMILES string of the molecule is COc1ccc(C=N)cc1C. The number of aryl methyl sites for hydroxylation is 1. The molecule has 0 aliphatic carbocycles. The third-order valence-corrected chi connectivity index (χ3v) is 1.59. The van der Waals surface area contributed by atoms with E-state index in [0.29, 0.717) is 0 Å². The minimum atomic E-state index is 0.871. The molecule has 0 unspecified atom stereocenters. The summed E-state index contributed by atoms with van der Waals surface area (Å²) in [5, 5.41) is 7.00. The molecule has 1 rings (SSSR count). The summed E-state index contributed by atoms with van der Waals surface area (Å²) in [6.45, 7) is 1.96. The van der Waals surface area contributed by atoms with Crippen molar-refractivity contribution in [3.8, 4) is 5.75 Å². The maximum atomic E-state index is 7.00. The summed E-state index contributed by atoms with van der Waals surface area (Å²) >= 11 is 0. The van der Waals surface area contributed by atoms with Gasteiger partial charge in [-0.3, -0.25) is 0 Å². The lowest BCUT2D eigenvalue weighted by molar-refractivity contribution is 0.411. The quantitative estimate of drug-likeness (QED) is 0.641. The monoisotopic (exact) mass is 149 g/mol. The second kappa shape index (κ2) is 3.19. The van der Waals surface area contributed by atoms with Crippen molar-refractivity contribution >= 4 is 6.21 Å². The summed E-state index contributed by atoms with van der Waals surface area (Å²) < 4.78 is 5.07. The van der Waals surface area contributed by atoms with Gasteiger partial charge in [0.1, 0.15) is 5.75 Å². The highest BCUT2D eigenvalue weighted by Crippen LogP contribution is 2.17. The molecule has 2 heteroatoms. The molecule has 0 heterocycles. The molecule has 0 aromatic heterocycles. The van der Waals surface area contributed by atoms with Crippen LogP contribution in [0.4, 0.5) is 0 Å². The first kappa shape index (κ1) is 7.79. The summed E-state index contributed by atoms with van der Waals surface area (Å²) in [4.78, 5) is 0. The topological polar surface area (TPSA) is 33.1 Å². The lowest BCUT2D eigenvalue weighted by atomic mass is 10.1. The van der Waals surface area contributed by atoms with Crippen molar-refractivity contribution in [3.05, 3.63) is 29.3 Å². The molecule has 0 bridgehead atoms. The van der Waals surface area contributed by atoms with Gasteiger partial charge in [0.25, 0.3) is 0 Å². The molecular weight excluding hydrogens is 138 g/mol. The Bertz CT molecular complexity index is 268. The van der Waals surface area contributed by atoms with E-state index in [2.05, 4.69) is 0 Å². The smallest absolute Gasteiger partial charge is 0.121 e. The van der Waals surface area contributed by atoms with Gasteiger partial charge >= 0.3 is 0 Å². The molecule has 0 fully saturated rings. The number of nitrogens with one attached hydrogen (secondary N) is 1. The fourth-order valence-corrected chi connectivity index (χ4v) is 0.991. The summed E-state index contributed by atoms with van der Waals surface area (Å²) in [5.41, 5.74) is 1.97. The third-order valence-electron chi connectivity index (χ3n) is 1.59. The number of rotatable bonds is 2. The van der Waals surface area contributed by atoms with Crippen LogP contribution in [0.3, 0.4) is 0 Å². The Labute approximate surface area is 66.3 Å². The zero-order valence-corrected chi connectivity index (χ0v) is 6.72. The Morgan fingerprint density at radius 1 is 1.45 bits per heavy atom. The second-order valence-corrected chi connectivity index (χ2v) is 2.37. The maximum absolute atomic E-state index is 7.00. The molecular formula is C9H11NO. The van der Waals surface area contributed by atoms with E-state index in [9.17, 15) is 0 Å².